The Labute approximate surface area is 272 Å². The van der Waals surface area contributed by atoms with E-state index in [1.54, 1.807) is 7.11 Å². The monoisotopic (exact) mass is 627 g/mol. The van der Waals surface area contributed by atoms with Crippen LogP contribution < -0.4 is 15.0 Å². The fourth-order valence-corrected chi connectivity index (χ4v) is 8.24. The minimum absolute atomic E-state index is 0.00101. The van der Waals surface area contributed by atoms with Gasteiger partial charge in [0, 0.05) is 42.5 Å². The summed E-state index contributed by atoms with van der Waals surface area (Å²) in [6.07, 6.45) is 15.3. The fraction of sp³-hybridized carbons (Fsp3) is 0.568. The van der Waals surface area contributed by atoms with E-state index in [9.17, 15) is 9.59 Å². The molecule has 0 radical (unpaired) electrons. The van der Waals surface area contributed by atoms with Crippen LogP contribution in [0.1, 0.15) is 95.2 Å². The number of fused-ring (bicyclic) bond motifs is 3. The van der Waals surface area contributed by atoms with Crippen LogP contribution in [0.3, 0.4) is 0 Å². The van der Waals surface area contributed by atoms with Crippen LogP contribution in [0.2, 0.25) is 0 Å². The van der Waals surface area contributed by atoms with Gasteiger partial charge in [0.1, 0.15) is 18.2 Å². The number of nitrogens with zero attached hydrogens (tertiary/aromatic N) is 4. The molecule has 46 heavy (non-hydrogen) atoms. The first-order valence-electron chi connectivity index (χ1n) is 17.0. The number of rotatable bonds is 10. The summed E-state index contributed by atoms with van der Waals surface area (Å²) in [5.41, 5.74) is 4.88. The van der Waals surface area contributed by atoms with Crippen molar-refractivity contribution in [3.05, 3.63) is 60.0 Å². The van der Waals surface area contributed by atoms with Crippen molar-refractivity contribution in [3.63, 3.8) is 0 Å². The summed E-state index contributed by atoms with van der Waals surface area (Å²) in [7, 11) is 1.73. The number of aliphatic hydroxyl groups is 1. The van der Waals surface area contributed by atoms with Gasteiger partial charge in [-0.3, -0.25) is 19.2 Å². The summed E-state index contributed by atoms with van der Waals surface area (Å²) < 4.78 is 7.49. The number of aryl methyl sites for hydroxylation is 1. The smallest absolute Gasteiger partial charge is 0.245 e. The average molecular weight is 628 g/mol. The quantitative estimate of drug-likeness (QED) is 0.280. The Hall–Kier alpha value is -3.72. The largest absolute Gasteiger partial charge is 0.496 e. The molecule has 2 bridgehead atoms. The Morgan fingerprint density at radius 2 is 1.76 bits per heavy atom. The van der Waals surface area contributed by atoms with Crippen molar-refractivity contribution < 1.29 is 19.4 Å². The molecule has 0 unspecified atom stereocenters. The second-order valence-corrected chi connectivity index (χ2v) is 14.4. The van der Waals surface area contributed by atoms with Crippen molar-refractivity contribution in [2.45, 2.75) is 102 Å². The topological polar surface area (TPSA) is 110 Å². The Morgan fingerprint density at radius 3 is 2.37 bits per heavy atom. The summed E-state index contributed by atoms with van der Waals surface area (Å²) in [5.74, 6) is 1.30. The number of aliphatic hydroxyl groups excluding tert-OH is 1. The molecule has 4 fully saturated rings. The molecule has 9 nitrogen and oxygen atoms in total. The molecule has 4 saturated carbocycles. The van der Waals surface area contributed by atoms with Crippen LogP contribution >= 0.6 is 0 Å². The van der Waals surface area contributed by atoms with E-state index < -0.39 is 6.61 Å². The molecule has 0 atom stereocenters. The highest BCUT2D eigenvalue weighted by atomic mass is 16.5. The zero-order chi connectivity index (χ0) is 32.5. The van der Waals surface area contributed by atoms with E-state index in [-0.39, 0.29) is 40.6 Å². The molecule has 4 aliphatic carbocycles. The minimum atomic E-state index is -0.508. The number of benzene rings is 1. The lowest BCUT2D eigenvalue weighted by atomic mass is 9.51. The number of pyridine rings is 1. The van der Waals surface area contributed by atoms with Crippen LogP contribution in [-0.4, -0.2) is 58.0 Å². The maximum Gasteiger partial charge on any atom is 0.245 e. The number of hydrogen-bond acceptors (Lipinski definition) is 6. The number of hydrogen-bond donors (Lipinski definition) is 2. The lowest BCUT2D eigenvalue weighted by Gasteiger charge is -2.55. The van der Waals surface area contributed by atoms with Gasteiger partial charge in [-0.25, -0.2) is 4.98 Å². The van der Waals surface area contributed by atoms with Crippen LogP contribution in [0.5, 0.6) is 5.75 Å². The molecular weight excluding hydrogens is 578 g/mol. The molecule has 2 amide bonds. The second-order valence-electron chi connectivity index (χ2n) is 14.4. The molecule has 7 rings (SSSR count). The first-order valence-corrected chi connectivity index (χ1v) is 17.0. The summed E-state index contributed by atoms with van der Waals surface area (Å²) >= 11 is 0. The number of anilines is 1. The molecule has 4 aliphatic rings. The first kappa shape index (κ1) is 32.2. The number of amides is 2. The van der Waals surface area contributed by atoms with E-state index >= 15 is 0 Å². The Balaban J connectivity index is 1.24. The van der Waals surface area contributed by atoms with E-state index in [1.807, 2.05) is 28.0 Å². The SMILES string of the molecule is COc1ccc(C23CCC(CN(c4cc(-c5cnn(C(C)C)c5)ccn4)C(=O)[C@H]4CC[C@H](NC(=O)CO)CC4)(CC2)CC3)cc1C. The predicted octanol–water partition coefficient (Wildman–Crippen LogP) is 6.14. The van der Waals surface area contributed by atoms with Gasteiger partial charge in [-0.1, -0.05) is 12.1 Å². The molecule has 0 spiro atoms. The lowest BCUT2D eigenvalue weighted by Crippen LogP contribution is -2.52. The molecule has 3 aromatic rings. The molecule has 2 N–H and O–H groups in total. The van der Waals surface area contributed by atoms with Crippen molar-refractivity contribution in [1.82, 2.24) is 20.1 Å². The van der Waals surface area contributed by atoms with Crippen molar-refractivity contribution in [1.29, 1.82) is 0 Å². The van der Waals surface area contributed by atoms with Crippen LogP contribution in [-0.2, 0) is 15.0 Å². The predicted molar refractivity (Wildman–Crippen MR) is 179 cm³/mol. The third-order valence-corrected chi connectivity index (χ3v) is 11.2. The van der Waals surface area contributed by atoms with Crippen molar-refractivity contribution in [2.75, 3.05) is 25.2 Å². The molecule has 2 heterocycles. The minimum Gasteiger partial charge on any atom is -0.496 e. The van der Waals surface area contributed by atoms with Gasteiger partial charge in [0.05, 0.1) is 13.3 Å². The maximum absolute atomic E-state index is 14.5. The van der Waals surface area contributed by atoms with Crippen LogP contribution in [0, 0.1) is 18.3 Å². The highest BCUT2D eigenvalue weighted by Crippen LogP contribution is 2.58. The highest BCUT2D eigenvalue weighted by molar-refractivity contribution is 5.95. The molecule has 0 aliphatic heterocycles. The van der Waals surface area contributed by atoms with Gasteiger partial charge in [0.15, 0.2) is 0 Å². The van der Waals surface area contributed by atoms with Gasteiger partial charge < -0.3 is 15.2 Å². The summed E-state index contributed by atoms with van der Waals surface area (Å²) in [6, 6.07) is 11.0. The fourth-order valence-electron chi connectivity index (χ4n) is 8.24. The number of ether oxygens (including phenoxy) is 1. The number of aromatic nitrogens is 3. The highest BCUT2D eigenvalue weighted by Gasteiger charge is 2.51. The van der Waals surface area contributed by atoms with Gasteiger partial charge in [-0.15, -0.1) is 0 Å². The van der Waals surface area contributed by atoms with Gasteiger partial charge in [-0.05, 0) is 131 Å². The summed E-state index contributed by atoms with van der Waals surface area (Å²) in [4.78, 5) is 33.1. The number of methoxy groups -OCH3 is 1. The van der Waals surface area contributed by atoms with Crippen molar-refractivity contribution in [3.8, 4) is 16.9 Å². The average Bonchev–Trinajstić information content (AvgIpc) is 3.59. The van der Waals surface area contributed by atoms with E-state index in [0.717, 1.165) is 68.2 Å². The number of carbonyl (C=O) groups is 2. The van der Waals surface area contributed by atoms with Crippen molar-refractivity contribution >= 4 is 17.6 Å². The normalized spacial score (nSPS) is 25.8. The van der Waals surface area contributed by atoms with Gasteiger partial charge in [-0.2, -0.15) is 5.10 Å². The van der Waals surface area contributed by atoms with Crippen molar-refractivity contribution in [2.24, 2.45) is 11.3 Å². The zero-order valence-corrected chi connectivity index (χ0v) is 27.8. The van der Waals surface area contributed by atoms with Crippen LogP contribution in [0.4, 0.5) is 5.82 Å². The number of nitrogens with one attached hydrogen (secondary N) is 1. The Morgan fingerprint density at radius 1 is 1.04 bits per heavy atom. The summed E-state index contributed by atoms with van der Waals surface area (Å²) in [6.45, 7) is 6.51. The Bertz CT molecular complexity index is 1530. The van der Waals surface area contributed by atoms with E-state index in [1.165, 1.54) is 11.1 Å². The third-order valence-electron chi connectivity index (χ3n) is 11.2. The molecule has 246 valence electrons. The van der Waals surface area contributed by atoms with Crippen LogP contribution in [0.25, 0.3) is 11.1 Å². The van der Waals surface area contributed by atoms with E-state index in [0.29, 0.717) is 25.2 Å². The van der Waals surface area contributed by atoms with Gasteiger partial charge >= 0.3 is 0 Å². The molecule has 1 aromatic carbocycles. The lowest BCUT2D eigenvalue weighted by molar-refractivity contribution is -0.125. The standard InChI is InChI=1S/C37H49N5O4/c1-25(2)42-22-29(21-39-42)28-11-18-38-33(20-28)41(35(45)27-5-8-31(9-6-27)40-34(44)23-43)24-36-12-15-37(16-13-36,17-14-36)30-7-10-32(46-4)26(3)19-30/h7,10-11,18-22,25,27,31,43H,5-6,8-9,12-17,23-24H2,1-4H3,(H,40,44)/t27-,31-,36?,37?. The molecular formula is C37H49N5O4. The van der Waals surface area contributed by atoms with Gasteiger partial charge in [0.2, 0.25) is 11.8 Å². The van der Waals surface area contributed by atoms with E-state index in [2.05, 4.69) is 61.6 Å². The molecule has 9 heteroatoms. The maximum atomic E-state index is 14.5. The number of carbonyl (C=O) groups excluding carboxylic acids is 2. The Kier molecular flexibility index (Phi) is 9.24. The van der Waals surface area contributed by atoms with E-state index in [4.69, 9.17) is 14.8 Å². The summed E-state index contributed by atoms with van der Waals surface area (Å²) in [5, 5.41) is 16.6. The molecule has 2 aromatic heterocycles. The van der Waals surface area contributed by atoms with Gasteiger partial charge in [0.25, 0.3) is 0 Å². The first-order chi connectivity index (χ1) is 22.1. The molecule has 0 saturated heterocycles. The zero-order valence-electron chi connectivity index (χ0n) is 27.8. The van der Waals surface area contributed by atoms with Crippen LogP contribution in [0.15, 0.2) is 48.9 Å². The second kappa shape index (κ2) is 13.2. The third kappa shape index (κ3) is 6.43.